The number of hydrogen-bond acceptors (Lipinski definition) is 2. The topological polar surface area (TPSA) is 34.9 Å². The van der Waals surface area contributed by atoms with Gasteiger partial charge in [0.15, 0.2) is 0 Å². The number of halogens is 1. The Balaban J connectivity index is 1.70. The van der Waals surface area contributed by atoms with Crippen molar-refractivity contribution in [3.05, 3.63) is 38.5 Å². The van der Waals surface area contributed by atoms with Gasteiger partial charge in [-0.05, 0) is 77.8 Å². The first-order chi connectivity index (χ1) is 9.70. The Morgan fingerprint density at radius 1 is 1.30 bits per heavy atom. The Morgan fingerprint density at radius 3 is 2.95 bits per heavy atom. The van der Waals surface area contributed by atoms with Crippen LogP contribution in [0.2, 0.25) is 0 Å². The largest absolute Gasteiger partial charge is 0.298 e. The van der Waals surface area contributed by atoms with Gasteiger partial charge in [-0.2, -0.15) is 0 Å². The molecule has 0 spiro atoms. The van der Waals surface area contributed by atoms with Crippen molar-refractivity contribution in [1.29, 1.82) is 0 Å². The zero-order valence-electron chi connectivity index (χ0n) is 11.3. The van der Waals surface area contributed by atoms with Crippen molar-refractivity contribution in [2.45, 2.75) is 32.2 Å². The van der Waals surface area contributed by atoms with Crippen LogP contribution in [-0.4, -0.2) is 9.55 Å². The van der Waals surface area contributed by atoms with Gasteiger partial charge in [0.1, 0.15) is 0 Å². The molecule has 0 radical (unpaired) electrons. The van der Waals surface area contributed by atoms with Crippen molar-refractivity contribution in [2.24, 2.45) is 17.8 Å². The minimum atomic E-state index is 0.122. The van der Waals surface area contributed by atoms with Crippen LogP contribution in [0, 0.1) is 21.3 Å². The van der Waals surface area contributed by atoms with E-state index < -0.39 is 0 Å². The molecule has 3 nitrogen and oxygen atoms in total. The molecule has 2 fully saturated rings. The lowest BCUT2D eigenvalue weighted by molar-refractivity contribution is 0.292. The summed E-state index contributed by atoms with van der Waals surface area (Å²) in [5.41, 5.74) is 0.927. The molecule has 0 aliphatic heterocycles. The fraction of sp³-hybridized carbons (Fsp3) is 0.500. The summed E-state index contributed by atoms with van der Waals surface area (Å²) in [5, 5.41) is 0.752. The molecule has 0 N–H and O–H groups in total. The van der Waals surface area contributed by atoms with Crippen molar-refractivity contribution in [1.82, 2.24) is 9.55 Å². The third kappa shape index (κ3) is 2.08. The fourth-order valence-electron chi connectivity index (χ4n) is 4.11. The molecule has 2 aliphatic rings. The highest BCUT2D eigenvalue weighted by Crippen LogP contribution is 2.48. The predicted octanol–water partition coefficient (Wildman–Crippen LogP) is 3.44. The Kier molecular flexibility index (Phi) is 3.09. The van der Waals surface area contributed by atoms with E-state index in [4.69, 9.17) is 0 Å². The number of nitrogens with zero attached hydrogens (tertiary/aromatic N) is 2. The normalized spacial score (nSPS) is 28.4. The molecular formula is C16H17IN2O. The number of rotatable bonds is 2. The van der Waals surface area contributed by atoms with E-state index >= 15 is 0 Å². The van der Waals surface area contributed by atoms with Crippen LogP contribution in [0.5, 0.6) is 0 Å². The minimum absolute atomic E-state index is 0.122. The second kappa shape index (κ2) is 4.83. The minimum Gasteiger partial charge on any atom is -0.298 e. The van der Waals surface area contributed by atoms with Gasteiger partial charge in [-0.1, -0.05) is 6.42 Å². The molecule has 2 saturated carbocycles. The van der Waals surface area contributed by atoms with E-state index in [0.29, 0.717) is 5.92 Å². The third-order valence-corrected chi connectivity index (χ3v) is 5.77. The summed E-state index contributed by atoms with van der Waals surface area (Å²) in [7, 11) is 0. The number of benzene rings is 1. The summed E-state index contributed by atoms with van der Waals surface area (Å²) in [4.78, 5) is 17.0. The zero-order valence-corrected chi connectivity index (χ0v) is 13.4. The van der Waals surface area contributed by atoms with Gasteiger partial charge in [-0.15, -0.1) is 0 Å². The van der Waals surface area contributed by atoms with Crippen LogP contribution in [0.15, 0.2) is 29.3 Å². The average Bonchev–Trinajstić information content (AvgIpc) is 3.05. The van der Waals surface area contributed by atoms with E-state index in [1.165, 1.54) is 25.7 Å². The van der Waals surface area contributed by atoms with Crippen LogP contribution in [0.25, 0.3) is 10.9 Å². The van der Waals surface area contributed by atoms with Crippen molar-refractivity contribution in [3.63, 3.8) is 0 Å². The molecule has 2 aromatic rings. The van der Waals surface area contributed by atoms with E-state index in [0.717, 1.165) is 32.9 Å². The second-order valence-corrected chi connectivity index (χ2v) is 7.54. The molecule has 0 saturated heterocycles. The molecule has 3 atom stereocenters. The van der Waals surface area contributed by atoms with Gasteiger partial charge in [0.2, 0.25) is 0 Å². The first-order valence-corrected chi connectivity index (χ1v) is 8.43. The van der Waals surface area contributed by atoms with Crippen LogP contribution in [0.1, 0.15) is 25.7 Å². The first kappa shape index (κ1) is 12.8. The molecule has 1 heterocycles. The van der Waals surface area contributed by atoms with Gasteiger partial charge in [0.25, 0.3) is 5.56 Å². The van der Waals surface area contributed by atoms with Gasteiger partial charge in [0.05, 0.1) is 17.2 Å². The van der Waals surface area contributed by atoms with E-state index in [-0.39, 0.29) is 5.56 Å². The smallest absolute Gasteiger partial charge is 0.261 e. The molecule has 20 heavy (non-hydrogen) atoms. The molecule has 2 aliphatic carbocycles. The standard InChI is InChI=1S/C16H17IN2O/c17-13-3-4-15-14(7-13)16(20)19(9-18-15)8-12-6-10-1-2-11(12)5-10/h3-4,7,9-12H,1-2,5-6,8H2. The quantitative estimate of drug-likeness (QED) is 0.749. The molecular weight excluding hydrogens is 363 g/mol. The Labute approximate surface area is 131 Å². The van der Waals surface area contributed by atoms with Gasteiger partial charge < -0.3 is 0 Å². The molecule has 4 rings (SSSR count). The molecule has 1 aromatic carbocycles. The Hall–Kier alpha value is -0.910. The fourth-order valence-corrected chi connectivity index (χ4v) is 4.61. The molecule has 2 bridgehead atoms. The first-order valence-electron chi connectivity index (χ1n) is 7.35. The van der Waals surface area contributed by atoms with E-state index in [9.17, 15) is 4.79 Å². The molecule has 1 aromatic heterocycles. The zero-order chi connectivity index (χ0) is 13.7. The van der Waals surface area contributed by atoms with Gasteiger partial charge in [0, 0.05) is 10.1 Å². The highest BCUT2D eigenvalue weighted by atomic mass is 127. The van der Waals surface area contributed by atoms with Crippen LogP contribution >= 0.6 is 22.6 Å². The highest BCUT2D eigenvalue weighted by molar-refractivity contribution is 14.1. The molecule has 104 valence electrons. The van der Waals surface area contributed by atoms with Crippen molar-refractivity contribution in [2.75, 3.05) is 0 Å². The maximum absolute atomic E-state index is 12.6. The Bertz CT molecular complexity index is 724. The van der Waals surface area contributed by atoms with Gasteiger partial charge in [-0.3, -0.25) is 9.36 Å². The number of fused-ring (bicyclic) bond motifs is 3. The van der Waals surface area contributed by atoms with Crippen molar-refractivity contribution < 1.29 is 0 Å². The summed E-state index contributed by atoms with van der Waals surface area (Å²) in [6.45, 7) is 0.856. The lowest BCUT2D eigenvalue weighted by Crippen LogP contribution is -2.26. The SMILES string of the molecule is O=c1c2cc(I)ccc2ncn1CC1CC2CCC1C2. The van der Waals surface area contributed by atoms with Gasteiger partial charge in [-0.25, -0.2) is 4.98 Å². The summed E-state index contributed by atoms with van der Waals surface area (Å²) in [6.07, 6.45) is 7.20. The van der Waals surface area contributed by atoms with Crippen molar-refractivity contribution in [3.8, 4) is 0 Å². The number of hydrogen-bond donors (Lipinski definition) is 0. The summed E-state index contributed by atoms with van der Waals surface area (Å²) in [6, 6.07) is 5.87. The van der Waals surface area contributed by atoms with E-state index in [2.05, 4.69) is 27.6 Å². The van der Waals surface area contributed by atoms with Gasteiger partial charge >= 0.3 is 0 Å². The lowest BCUT2D eigenvalue weighted by Gasteiger charge is -2.22. The monoisotopic (exact) mass is 380 g/mol. The van der Waals surface area contributed by atoms with Crippen LogP contribution in [-0.2, 0) is 6.54 Å². The van der Waals surface area contributed by atoms with Crippen molar-refractivity contribution >= 4 is 33.5 Å². The third-order valence-electron chi connectivity index (χ3n) is 5.10. The molecule has 4 heteroatoms. The summed E-state index contributed by atoms with van der Waals surface area (Å²) < 4.78 is 2.93. The Morgan fingerprint density at radius 2 is 2.20 bits per heavy atom. The van der Waals surface area contributed by atoms with Crippen LogP contribution in [0.3, 0.4) is 0 Å². The summed E-state index contributed by atoms with van der Waals surface area (Å²) >= 11 is 2.25. The molecule has 3 unspecified atom stereocenters. The summed E-state index contributed by atoms with van der Waals surface area (Å²) in [5.74, 6) is 2.46. The maximum Gasteiger partial charge on any atom is 0.261 e. The second-order valence-electron chi connectivity index (χ2n) is 6.30. The number of aromatic nitrogens is 2. The predicted molar refractivity (Wildman–Crippen MR) is 87.7 cm³/mol. The van der Waals surface area contributed by atoms with Crippen LogP contribution < -0.4 is 5.56 Å². The van der Waals surface area contributed by atoms with Crippen LogP contribution in [0.4, 0.5) is 0 Å². The highest BCUT2D eigenvalue weighted by Gasteiger charge is 2.39. The van der Waals surface area contributed by atoms with E-state index in [1.54, 1.807) is 6.33 Å². The molecule has 0 amide bonds. The van der Waals surface area contributed by atoms with E-state index in [1.807, 2.05) is 22.8 Å². The maximum atomic E-state index is 12.6. The average molecular weight is 380 g/mol. The lowest BCUT2D eigenvalue weighted by atomic mass is 9.89.